The molecule has 1 aliphatic rings. The predicted molar refractivity (Wildman–Crippen MR) is 73.7 cm³/mol. The number of nitrogens with zero attached hydrogens (tertiary/aromatic N) is 1. The van der Waals surface area contributed by atoms with Gasteiger partial charge in [0.1, 0.15) is 5.60 Å². The Balaban J connectivity index is 2.33. The molecule has 1 fully saturated rings. The fourth-order valence-electron chi connectivity index (χ4n) is 2.30. The second-order valence-electron chi connectivity index (χ2n) is 6.34. The van der Waals surface area contributed by atoms with Crippen LogP contribution in [0.2, 0.25) is 0 Å². The van der Waals surface area contributed by atoms with Crippen LogP contribution >= 0.6 is 0 Å². The number of hydrogen-bond acceptors (Lipinski definition) is 3. The van der Waals surface area contributed by atoms with E-state index < -0.39 is 5.60 Å². The van der Waals surface area contributed by atoms with E-state index in [1.54, 1.807) is 0 Å². The fraction of sp³-hybridized carbons (Fsp3) is 0.929. The number of nitrogens with one attached hydrogen (secondary N) is 1. The van der Waals surface area contributed by atoms with Crippen molar-refractivity contribution in [1.29, 1.82) is 0 Å². The van der Waals surface area contributed by atoms with Crippen molar-refractivity contribution in [3.8, 4) is 0 Å². The molecule has 1 heterocycles. The molecule has 4 heteroatoms. The van der Waals surface area contributed by atoms with Crippen molar-refractivity contribution in [1.82, 2.24) is 10.2 Å². The summed E-state index contributed by atoms with van der Waals surface area (Å²) in [6.45, 7) is 9.59. The number of ether oxygens (including phenoxy) is 1. The van der Waals surface area contributed by atoms with Gasteiger partial charge in [0.2, 0.25) is 0 Å². The number of carbonyl (C=O) groups excluding carboxylic acids is 1. The second kappa shape index (κ2) is 6.41. The first-order valence-electron chi connectivity index (χ1n) is 6.97. The predicted octanol–water partition coefficient (Wildman–Crippen LogP) is 2.63. The van der Waals surface area contributed by atoms with Gasteiger partial charge in [-0.1, -0.05) is 0 Å². The van der Waals surface area contributed by atoms with Crippen LogP contribution in [0.25, 0.3) is 0 Å². The average Bonchev–Trinajstić information content (AvgIpc) is 2.27. The van der Waals surface area contributed by atoms with Gasteiger partial charge in [-0.3, -0.25) is 0 Å². The van der Waals surface area contributed by atoms with Gasteiger partial charge in [0.15, 0.2) is 0 Å². The summed E-state index contributed by atoms with van der Waals surface area (Å²) in [5, 5.41) is 3.27. The van der Waals surface area contributed by atoms with E-state index in [0.717, 1.165) is 31.8 Å². The van der Waals surface area contributed by atoms with Crippen LogP contribution in [0.4, 0.5) is 4.79 Å². The number of carbonyl (C=O) groups is 1. The Kier molecular flexibility index (Phi) is 5.45. The molecule has 0 aliphatic carbocycles. The minimum Gasteiger partial charge on any atom is -0.444 e. The lowest BCUT2D eigenvalue weighted by Gasteiger charge is -2.34. The fourth-order valence-corrected chi connectivity index (χ4v) is 2.30. The van der Waals surface area contributed by atoms with Crippen LogP contribution < -0.4 is 5.32 Å². The Morgan fingerprint density at radius 3 is 2.39 bits per heavy atom. The van der Waals surface area contributed by atoms with Crippen molar-refractivity contribution in [3.63, 3.8) is 0 Å². The lowest BCUT2D eigenvalue weighted by molar-refractivity contribution is 0.0179. The van der Waals surface area contributed by atoms with Crippen LogP contribution in [-0.4, -0.2) is 42.8 Å². The SMILES string of the molecule is CN[C@H](C)CC1CCN(C(=O)OC(C)(C)C)CC1. The van der Waals surface area contributed by atoms with Gasteiger partial charge in [0.25, 0.3) is 0 Å². The van der Waals surface area contributed by atoms with E-state index in [-0.39, 0.29) is 6.09 Å². The maximum atomic E-state index is 11.9. The lowest BCUT2D eigenvalue weighted by Crippen LogP contribution is -2.42. The summed E-state index contributed by atoms with van der Waals surface area (Å²) in [5.41, 5.74) is -0.394. The third-order valence-electron chi connectivity index (χ3n) is 3.45. The highest BCUT2D eigenvalue weighted by molar-refractivity contribution is 5.68. The van der Waals surface area contributed by atoms with E-state index in [0.29, 0.717) is 6.04 Å². The molecule has 18 heavy (non-hydrogen) atoms. The summed E-state index contributed by atoms with van der Waals surface area (Å²) < 4.78 is 5.39. The Hall–Kier alpha value is -0.770. The van der Waals surface area contributed by atoms with Crippen LogP contribution in [0.15, 0.2) is 0 Å². The molecule has 0 radical (unpaired) electrons. The zero-order chi connectivity index (χ0) is 13.8. The Morgan fingerprint density at radius 1 is 1.39 bits per heavy atom. The highest BCUT2D eigenvalue weighted by Crippen LogP contribution is 2.23. The van der Waals surface area contributed by atoms with E-state index in [2.05, 4.69) is 12.2 Å². The molecule has 1 aliphatic heterocycles. The first kappa shape index (κ1) is 15.3. The van der Waals surface area contributed by atoms with E-state index in [1.165, 1.54) is 6.42 Å². The van der Waals surface area contributed by atoms with E-state index in [9.17, 15) is 4.79 Å². The van der Waals surface area contributed by atoms with Crippen LogP contribution in [0.3, 0.4) is 0 Å². The summed E-state index contributed by atoms with van der Waals surface area (Å²) >= 11 is 0. The summed E-state index contributed by atoms with van der Waals surface area (Å²) in [4.78, 5) is 13.7. The second-order valence-corrected chi connectivity index (χ2v) is 6.34. The molecule has 1 atom stereocenters. The highest BCUT2D eigenvalue weighted by Gasteiger charge is 2.27. The third-order valence-corrected chi connectivity index (χ3v) is 3.45. The quantitative estimate of drug-likeness (QED) is 0.844. The molecule has 0 spiro atoms. The molecule has 106 valence electrons. The molecule has 4 nitrogen and oxygen atoms in total. The summed E-state index contributed by atoms with van der Waals surface area (Å²) in [6, 6.07) is 0.558. The molecule has 0 saturated carbocycles. The molecule has 1 N–H and O–H groups in total. The Morgan fingerprint density at radius 2 is 1.94 bits per heavy atom. The number of hydrogen-bond donors (Lipinski definition) is 1. The average molecular weight is 256 g/mol. The molecular weight excluding hydrogens is 228 g/mol. The van der Waals surface area contributed by atoms with Gasteiger partial charge in [-0.2, -0.15) is 0 Å². The highest BCUT2D eigenvalue weighted by atomic mass is 16.6. The van der Waals surface area contributed by atoms with Gasteiger partial charge in [-0.15, -0.1) is 0 Å². The van der Waals surface area contributed by atoms with Crippen molar-refractivity contribution >= 4 is 6.09 Å². The number of amides is 1. The molecule has 1 rings (SSSR count). The van der Waals surface area contributed by atoms with E-state index in [4.69, 9.17) is 4.74 Å². The zero-order valence-electron chi connectivity index (χ0n) is 12.5. The van der Waals surface area contributed by atoms with Crippen molar-refractivity contribution in [2.24, 2.45) is 5.92 Å². The third kappa shape index (κ3) is 5.25. The van der Waals surface area contributed by atoms with Gasteiger partial charge in [0, 0.05) is 19.1 Å². The van der Waals surface area contributed by atoms with E-state index in [1.807, 2.05) is 32.7 Å². The largest absolute Gasteiger partial charge is 0.444 e. The maximum Gasteiger partial charge on any atom is 0.410 e. The summed E-state index contributed by atoms with van der Waals surface area (Å²) in [7, 11) is 2.00. The van der Waals surface area contributed by atoms with Crippen molar-refractivity contribution in [3.05, 3.63) is 0 Å². The molecule has 0 aromatic carbocycles. The maximum absolute atomic E-state index is 11.9. The van der Waals surface area contributed by atoms with Crippen LogP contribution in [0.5, 0.6) is 0 Å². The van der Waals surface area contributed by atoms with Crippen molar-refractivity contribution in [2.75, 3.05) is 20.1 Å². The lowest BCUT2D eigenvalue weighted by atomic mass is 9.91. The first-order chi connectivity index (χ1) is 8.31. The van der Waals surface area contributed by atoms with Crippen molar-refractivity contribution in [2.45, 2.75) is 58.6 Å². The first-order valence-corrected chi connectivity index (χ1v) is 6.97. The van der Waals surface area contributed by atoms with Gasteiger partial charge >= 0.3 is 6.09 Å². The molecule has 0 bridgehead atoms. The molecule has 0 aromatic rings. The summed E-state index contributed by atoms with van der Waals surface area (Å²) in [5.74, 6) is 0.728. The number of rotatable bonds is 3. The molecule has 0 aromatic heterocycles. The number of likely N-dealkylation sites (tertiary alicyclic amines) is 1. The molecular formula is C14H28N2O2. The topological polar surface area (TPSA) is 41.6 Å². The summed E-state index contributed by atoms with van der Waals surface area (Å²) in [6.07, 6.45) is 3.21. The minimum absolute atomic E-state index is 0.164. The van der Waals surface area contributed by atoms with Crippen LogP contribution in [0, 0.1) is 5.92 Å². The standard InChI is InChI=1S/C14H28N2O2/c1-11(15-5)10-12-6-8-16(9-7-12)13(17)18-14(2,3)4/h11-12,15H,6-10H2,1-5H3/t11-/m1/s1. The van der Waals surface area contributed by atoms with Gasteiger partial charge in [-0.25, -0.2) is 4.79 Å². The van der Waals surface area contributed by atoms with Crippen LogP contribution in [-0.2, 0) is 4.74 Å². The van der Waals surface area contributed by atoms with Gasteiger partial charge in [-0.05, 0) is 59.9 Å². The smallest absolute Gasteiger partial charge is 0.410 e. The molecule has 0 unspecified atom stereocenters. The Labute approximate surface area is 111 Å². The monoisotopic (exact) mass is 256 g/mol. The molecule has 1 saturated heterocycles. The van der Waals surface area contributed by atoms with E-state index >= 15 is 0 Å². The number of piperidine rings is 1. The molecule has 1 amide bonds. The normalized spacial score (nSPS) is 19.7. The zero-order valence-corrected chi connectivity index (χ0v) is 12.5. The van der Waals surface area contributed by atoms with Gasteiger partial charge in [0.05, 0.1) is 0 Å². The Bertz CT molecular complexity index is 265. The van der Waals surface area contributed by atoms with Gasteiger partial charge < -0.3 is 15.0 Å². The van der Waals surface area contributed by atoms with Crippen molar-refractivity contribution < 1.29 is 9.53 Å². The van der Waals surface area contributed by atoms with Crippen LogP contribution in [0.1, 0.15) is 47.0 Å². The minimum atomic E-state index is -0.394.